The molecule has 2 heterocycles. The number of rotatable bonds is 6. The van der Waals surface area contributed by atoms with Crippen molar-refractivity contribution in [1.29, 1.82) is 0 Å². The van der Waals surface area contributed by atoms with Crippen LogP contribution in [0.4, 0.5) is 14.5 Å². The molecule has 1 aromatic heterocycles. The van der Waals surface area contributed by atoms with E-state index in [-0.39, 0.29) is 28.0 Å². The maximum atomic E-state index is 15.9. The van der Waals surface area contributed by atoms with Gasteiger partial charge in [0, 0.05) is 37.3 Å². The maximum absolute atomic E-state index is 15.9. The van der Waals surface area contributed by atoms with Crippen LogP contribution in [0.2, 0.25) is 0 Å². The predicted molar refractivity (Wildman–Crippen MR) is 114 cm³/mol. The molecule has 5 rings (SSSR count). The summed E-state index contributed by atoms with van der Waals surface area (Å²) < 4.78 is 32.7. The van der Waals surface area contributed by atoms with Crippen LogP contribution in [-0.2, 0) is 0 Å². The van der Waals surface area contributed by atoms with Gasteiger partial charge in [-0.2, -0.15) is 0 Å². The van der Waals surface area contributed by atoms with Gasteiger partial charge < -0.3 is 19.9 Å². The predicted octanol–water partition coefficient (Wildman–Crippen LogP) is 3.53. The molecule has 0 amide bonds. The zero-order valence-electron chi connectivity index (χ0n) is 17.6. The summed E-state index contributed by atoms with van der Waals surface area (Å²) >= 11 is 0. The molecule has 166 valence electrons. The van der Waals surface area contributed by atoms with Crippen molar-refractivity contribution in [3.05, 3.63) is 39.7 Å². The SMILES string of the molecule is CCNC[C@]12CCC[C@H]1CN(c1c(F)cc3c(=O)c(C(=O)O)cn(C4CC4)c3c1F)C2. The van der Waals surface area contributed by atoms with E-state index in [4.69, 9.17) is 0 Å². The third-order valence-electron chi connectivity index (χ3n) is 7.44. The Bertz CT molecular complexity index is 1130. The van der Waals surface area contributed by atoms with E-state index in [1.165, 1.54) is 10.8 Å². The van der Waals surface area contributed by atoms with Crippen LogP contribution in [0.15, 0.2) is 17.1 Å². The van der Waals surface area contributed by atoms with Crippen molar-refractivity contribution in [3.8, 4) is 0 Å². The van der Waals surface area contributed by atoms with Gasteiger partial charge in [0.2, 0.25) is 5.43 Å². The Morgan fingerprint density at radius 2 is 2.10 bits per heavy atom. The van der Waals surface area contributed by atoms with Gasteiger partial charge in [0.15, 0.2) is 5.82 Å². The molecule has 3 aliphatic rings. The van der Waals surface area contributed by atoms with Crippen LogP contribution in [-0.4, -0.2) is 41.8 Å². The lowest BCUT2D eigenvalue weighted by Crippen LogP contribution is -2.38. The molecule has 2 saturated carbocycles. The van der Waals surface area contributed by atoms with Crippen LogP contribution in [0.1, 0.15) is 55.4 Å². The molecule has 31 heavy (non-hydrogen) atoms. The molecule has 0 bridgehead atoms. The van der Waals surface area contributed by atoms with E-state index in [0.29, 0.717) is 19.0 Å². The summed E-state index contributed by atoms with van der Waals surface area (Å²) in [7, 11) is 0. The molecule has 0 spiro atoms. The highest BCUT2D eigenvalue weighted by atomic mass is 19.1. The second kappa shape index (κ2) is 7.29. The van der Waals surface area contributed by atoms with Gasteiger partial charge in [-0.3, -0.25) is 4.79 Å². The van der Waals surface area contributed by atoms with Crippen LogP contribution < -0.4 is 15.6 Å². The summed E-state index contributed by atoms with van der Waals surface area (Å²) in [6.45, 7) is 4.90. The Kier molecular flexibility index (Phi) is 4.80. The highest BCUT2D eigenvalue weighted by molar-refractivity contribution is 5.94. The molecular formula is C23H27F2N3O3. The lowest BCUT2D eigenvalue weighted by Gasteiger charge is -2.29. The van der Waals surface area contributed by atoms with Crippen LogP contribution in [0.5, 0.6) is 0 Å². The zero-order chi connectivity index (χ0) is 21.9. The smallest absolute Gasteiger partial charge is 0.341 e. The molecule has 6 nitrogen and oxygen atoms in total. The van der Waals surface area contributed by atoms with Crippen LogP contribution in [0.3, 0.4) is 0 Å². The van der Waals surface area contributed by atoms with Crippen LogP contribution in [0.25, 0.3) is 10.9 Å². The van der Waals surface area contributed by atoms with Gasteiger partial charge in [0.1, 0.15) is 17.1 Å². The number of aromatic carboxylic acids is 1. The summed E-state index contributed by atoms with van der Waals surface area (Å²) in [4.78, 5) is 26.0. The Morgan fingerprint density at radius 1 is 1.32 bits per heavy atom. The van der Waals surface area contributed by atoms with E-state index in [1.54, 1.807) is 4.90 Å². The Morgan fingerprint density at radius 3 is 2.77 bits per heavy atom. The van der Waals surface area contributed by atoms with Crippen molar-refractivity contribution < 1.29 is 18.7 Å². The average Bonchev–Trinajstić information content (AvgIpc) is 3.40. The first-order valence-electron chi connectivity index (χ1n) is 11.1. The molecule has 1 aromatic carbocycles. The number of halogens is 2. The minimum atomic E-state index is -1.39. The Hall–Kier alpha value is -2.48. The second-order valence-corrected chi connectivity index (χ2v) is 9.35. The van der Waals surface area contributed by atoms with Gasteiger partial charge in [-0.25, -0.2) is 13.6 Å². The molecule has 2 aliphatic carbocycles. The highest BCUT2D eigenvalue weighted by Crippen LogP contribution is 2.50. The summed E-state index contributed by atoms with van der Waals surface area (Å²) in [5.74, 6) is -2.56. The summed E-state index contributed by atoms with van der Waals surface area (Å²) in [5.41, 5.74) is -1.36. The second-order valence-electron chi connectivity index (χ2n) is 9.35. The summed E-state index contributed by atoms with van der Waals surface area (Å²) in [6.07, 6.45) is 5.99. The van der Waals surface area contributed by atoms with Crippen molar-refractivity contribution in [3.63, 3.8) is 0 Å². The lowest BCUT2D eigenvalue weighted by molar-refractivity contribution is 0.0694. The Labute approximate surface area is 178 Å². The number of pyridine rings is 1. The molecular weight excluding hydrogens is 404 g/mol. The van der Waals surface area contributed by atoms with Crippen molar-refractivity contribution in [2.45, 2.75) is 45.1 Å². The molecule has 2 N–H and O–H groups in total. The number of nitrogens with zero attached hydrogens (tertiary/aromatic N) is 2. The van der Waals surface area contributed by atoms with Gasteiger partial charge >= 0.3 is 5.97 Å². The fourth-order valence-electron chi connectivity index (χ4n) is 5.76. The van der Waals surface area contributed by atoms with Gasteiger partial charge in [-0.05, 0) is 44.2 Å². The molecule has 0 unspecified atom stereocenters. The molecule has 0 radical (unpaired) electrons. The summed E-state index contributed by atoms with van der Waals surface area (Å²) in [5, 5.41) is 12.6. The third-order valence-corrected chi connectivity index (χ3v) is 7.44. The molecule has 8 heteroatoms. The molecule has 2 aromatic rings. The third kappa shape index (κ3) is 3.14. The van der Waals surface area contributed by atoms with Crippen LogP contribution in [0, 0.1) is 23.0 Å². The van der Waals surface area contributed by atoms with Crippen LogP contribution >= 0.6 is 0 Å². The van der Waals surface area contributed by atoms with Crippen molar-refractivity contribution >= 4 is 22.6 Å². The fourth-order valence-corrected chi connectivity index (χ4v) is 5.76. The highest BCUT2D eigenvalue weighted by Gasteiger charge is 2.50. The number of benzene rings is 1. The van der Waals surface area contributed by atoms with Crippen molar-refractivity contribution in [1.82, 2.24) is 9.88 Å². The number of aromatic nitrogens is 1. The van der Waals surface area contributed by atoms with E-state index < -0.39 is 28.6 Å². The van der Waals surface area contributed by atoms with Gasteiger partial charge in [-0.1, -0.05) is 13.3 Å². The first kappa shape index (κ1) is 20.4. The number of fused-ring (bicyclic) bond motifs is 2. The number of carboxylic acid groups (broad SMARTS) is 1. The molecule has 2 atom stereocenters. The van der Waals surface area contributed by atoms with Crippen molar-refractivity contribution in [2.75, 3.05) is 31.1 Å². The number of nitrogens with one attached hydrogen (secondary N) is 1. The van der Waals surface area contributed by atoms with E-state index in [0.717, 1.165) is 51.3 Å². The first-order chi connectivity index (χ1) is 14.9. The quantitative estimate of drug-likeness (QED) is 0.732. The number of anilines is 1. The standard InChI is InChI=1S/C23H27F2N3O3/c1-2-26-11-23-7-3-4-13(23)9-27(12-23)20-17(24)8-15-19(18(20)25)28(14-5-6-14)10-16(21(15)29)22(30)31/h8,10,13-14,26H,2-7,9,11-12H2,1H3,(H,30,31)/t13-,23-/m0/s1. The monoisotopic (exact) mass is 431 g/mol. The topological polar surface area (TPSA) is 74.6 Å². The number of carbonyl (C=O) groups is 1. The number of carboxylic acids is 1. The largest absolute Gasteiger partial charge is 0.477 e. The Balaban J connectivity index is 1.64. The van der Waals surface area contributed by atoms with Gasteiger partial charge in [0.25, 0.3) is 0 Å². The van der Waals surface area contributed by atoms with E-state index in [9.17, 15) is 14.7 Å². The fraction of sp³-hybridized carbons (Fsp3) is 0.565. The zero-order valence-corrected chi connectivity index (χ0v) is 17.6. The van der Waals surface area contributed by atoms with E-state index in [2.05, 4.69) is 12.2 Å². The molecule has 1 saturated heterocycles. The average molecular weight is 431 g/mol. The minimum Gasteiger partial charge on any atom is -0.477 e. The van der Waals surface area contributed by atoms with Gasteiger partial charge in [0.05, 0.1) is 10.9 Å². The van der Waals surface area contributed by atoms with Gasteiger partial charge in [-0.15, -0.1) is 0 Å². The number of hydrogen-bond donors (Lipinski definition) is 2. The molecule has 1 aliphatic heterocycles. The minimum absolute atomic E-state index is 0.00711. The first-order valence-corrected chi connectivity index (χ1v) is 11.1. The number of hydrogen-bond acceptors (Lipinski definition) is 4. The normalized spacial score (nSPS) is 25.4. The maximum Gasteiger partial charge on any atom is 0.341 e. The summed E-state index contributed by atoms with van der Waals surface area (Å²) in [6, 6.07) is 0.971. The van der Waals surface area contributed by atoms with Crippen molar-refractivity contribution in [2.24, 2.45) is 11.3 Å². The lowest BCUT2D eigenvalue weighted by atomic mass is 9.80. The molecule has 3 fully saturated rings. The van der Waals surface area contributed by atoms with E-state index >= 15 is 8.78 Å². The van der Waals surface area contributed by atoms with E-state index in [1.807, 2.05) is 0 Å².